The minimum absolute atomic E-state index is 0.181. The van der Waals surface area contributed by atoms with E-state index in [0.29, 0.717) is 0 Å². The molecule has 1 rings (SSSR count). The summed E-state index contributed by atoms with van der Waals surface area (Å²) in [6, 6.07) is 8.92. The Hall–Kier alpha value is -0.470. The van der Waals surface area contributed by atoms with Crippen molar-refractivity contribution in [3.05, 3.63) is 29.8 Å². The van der Waals surface area contributed by atoms with Gasteiger partial charge in [0.25, 0.3) is 0 Å². The van der Waals surface area contributed by atoms with Crippen molar-refractivity contribution in [3.8, 4) is 0 Å². The zero-order valence-corrected chi connectivity index (χ0v) is 13.9. The molecular formula is C17H29NS. The quantitative estimate of drug-likeness (QED) is 0.550. The van der Waals surface area contributed by atoms with Crippen LogP contribution in [0.4, 0.5) is 0 Å². The molecule has 0 atom stereocenters. The van der Waals surface area contributed by atoms with Crippen molar-refractivity contribution in [2.45, 2.75) is 64.4 Å². The first-order valence-electron chi connectivity index (χ1n) is 7.33. The number of hydrogen-bond acceptors (Lipinski definition) is 2. The van der Waals surface area contributed by atoms with E-state index in [0.717, 1.165) is 12.5 Å². The zero-order chi connectivity index (χ0) is 14.3. The zero-order valence-electron chi connectivity index (χ0n) is 13.1. The standard InChI is InChI=1S/C17H29NS/c1-14(2)8-7-11-19-16-10-6-9-15(12-16)13-18-17(3,4)5/h6,9-10,12,14,18H,7-8,11,13H2,1-5H3. The van der Waals surface area contributed by atoms with Crippen molar-refractivity contribution in [2.75, 3.05) is 5.75 Å². The summed E-state index contributed by atoms with van der Waals surface area (Å²) < 4.78 is 0. The molecule has 0 heterocycles. The molecule has 0 aliphatic rings. The molecule has 0 fully saturated rings. The second kappa shape index (κ2) is 7.96. The molecular weight excluding hydrogens is 250 g/mol. The molecule has 0 aliphatic carbocycles. The van der Waals surface area contributed by atoms with Gasteiger partial charge in [-0.1, -0.05) is 32.4 Å². The molecule has 1 nitrogen and oxygen atoms in total. The Morgan fingerprint density at radius 3 is 2.58 bits per heavy atom. The molecule has 0 saturated carbocycles. The van der Waals surface area contributed by atoms with Gasteiger partial charge in [-0.2, -0.15) is 0 Å². The normalized spacial score (nSPS) is 12.1. The van der Waals surface area contributed by atoms with Crippen LogP contribution in [-0.4, -0.2) is 11.3 Å². The van der Waals surface area contributed by atoms with E-state index in [1.807, 2.05) is 11.8 Å². The van der Waals surface area contributed by atoms with Crippen molar-refractivity contribution in [1.29, 1.82) is 0 Å². The molecule has 0 unspecified atom stereocenters. The Bertz CT molecular complexity index is 366. The predicted octanol–water partition coefficient (Wildman–Crippen LogP) is 5.10. The van der Waals surface area contributed by atoms with Gasteiger partial charge in [0, 0.05) is 17.0 Å². The highest BCUT2D eigenvalue weighted by Gasteiger charge is 2.08. The second-order valence-electron chi connectivity index (χ2n) is 6.64. The Labute approximate surface area is 123 Å². The fraction of sp³-hybridized carbons (Fsp3) is 0.647. The summed E-state index contributed by atoms with van der Waals surface area (Å²) in [7, 11) is 0. The summed E-state index contributed by atoms with van der Waals surface area (Å²) in [5.74, 6) is 2.05. The van der Waals surface area contributed by atoms with Crippen LogP contribution in [-0.2, 0) is 6.54 Å². The molecule has 1 N–H and O–H groups in total. The van der Waals surface area contributed by atoms with Gasteiger partial charge in [-0.15, -0.1) is 11.8 Å². The smallest absolute Gasteiger partial charge is 0.0210 e. The molecule has 1 aromatic carbocycles. The summed E-state index contributed by atoms with van der Waals surface area (Å²) in [6.45, 7) is 12.2. The van der Waals surface area contributed by atoms with Gasteiger partial charge in [0.2, 0.25) is 0 Å². The lowest BCUT2D eigenvalue weighted by molar-refractivity contribution is 0.424. The lowest BCUT2D eigenvalue weighted by Gasteiger charge is -2.20. The van der Waals surface area contributed by atoms with Gasteiger partial charge in [-0.05, 0) is 56.6 Å². The van der Waals surface area contributed by atoms with E-state index in [-0.39, 0.29) is 5.54 Å². The van der Waals surface area contributed by atoms with Gasteiger partial charge >= 0.3 is 0 Å². The first kappa shape index (κ1) is 16.6. The lowest BCUT2D eigenvalue weighted by Crippen LogP contribution is -2.35. The third-order valence-electron chi connectivity index (χ3n) is 2.92. The molecule has 0 amide bonds. The van der Waals surface area contributed by atoms with Gasteiger partial charge in [0.05, 0.1) is 0 Å². The molecule has 0 saturated heterocycles. The number of thioether (sulfide) groups is 1. The summed E-state index contributed by atoms with van der Waals surface area (Å²) in [5, 5.41) is 3.54. The third-order valence-corrected chi connectivity index (χ3v) is 4.00. The van der Waals surface area contributed by atoms with Crippen LogP contribution in [0.5, 0.6) is 0 Å². The first-order valence-corrected chi connectivity index (χ1v) is 8.32. The SMILES string of the molecule is CC(C)CCCSc1cccc(CNC(C)(C)C)c1. The van der Waals surface area contributed by atoms with E-state index in [1.165, 1.54) is 29.1 Å². The van der Waals surface area contributed by atoms with Crippen LogP contribution in [0, 0.1) is 5.92 Å². The van der Waals surface area contributed by atoms with Crippen LogP contribution in [0.3, 0.4) is 0 Å². The number of hydrogen-bond donors (Lipinski definition) is 1. The highest BCUT2D eigenvalue weighted by Crippen LogP contribution is 2.21. The number of benzene rings is 1. The van der Waals surface area contributed by atoms with E-state index in [4.69, 9.17) is 0 Å². The Morgan fingerprint density at radius 1 is 1.21 bits per heavy atom. The van der Waals surface area contributed by atoms with E-state index >= 15 is 0 Å². The van der Waals surface area contributed by atoms with Gasteiger partial charge in [0.15, 0.2) is 0 Å². The number of nitrogens with one attached hydrogen (secondary N) is 1. The molecule has 0 spiro atoms. The molecule has 2 heteroatoms. The average Bonchev–Trinajstić information content (AvgIpc) is 2.32. The van der Waals surface area contributed by atoms with Crippen molar-refractivity contribution >= 4 is 11.8 Å². The predicted molar refractivity (Wildman–Crippen MR) is 87.8 cm³/mol. The van der Waals surface area contributed by atoms with E-state index in [2.05, 4.69) is 64.2 Å². The third kappa shape index (κ3) is 8.33. The van der Waals surface area contributed by atoms with Crippen LogP contribution >= 0.6 is 11.8 Å². The van der Waals surface area contributed by atoms with Crippen LogP contribution < -0.4 is 5.32 Å². The minimum atomic E-state index is 0.181. The second-order valence-corrected chi connectivity index (χ2v) is 7.80. The van der Waals surface area contributed by atoms with Gasteiger partial charge < -0.3 is 5.32 Å². The van der Waals surface area contributed by atoms with Crippen LogP contribution in [0.15, 0.2) is 29.2 Å². The molecule has 0 bridgehead atoms. The Balaban J connectivity index is 2.39. The molecule has 0 radical (unpaired) electrons. The molecule has 19 heavy (non-hydrogen) atoms. The van der Waals surface area contributed by atoms with E-state index in [1.54, 1.807) is 0 Å². The van der Waals surface area contributed by atoms with Crippen molar-refractivity contribution in [2.24, 2.45) is 5.92 Å². The average molecular weight is 279 g/mol. The summed E-state index contributed by atoms with van der Waals surface area (Å²) in [5.41, 5.74) is 1.56. The summed E-state index contributed by atoms with van der Waals surface area (Å²) in [6.07, 6.45) is 2.64. The lowest BCUT2D eigenvalue weighted by atomic mass is 10.1. The molecule has 108 valence electrons. The molecule has 1 aromatic rings. The summed E-state index contributed by atoms with van der Waals surface area (Å²) in [4.78, 5) is 1.40. The maximum atomic E-state index is 3.54. The maximum absolute atomic E-state index is 3.54. The van der Waals surface area contributed by atoms with E-state index in [9.17, 15) is 0 Å². The summed E-state index contributed by atoms with van der Waals surface area (Å²) >= 11 is 1.98. The minimum Gasteiger partial charge on any atom is -0.308 e. The first-order chi connectivity index (χ1) is 8.87. The van der Waals surface area contributed by atoms with Gasteiger partial charge in [-0.3, -0.25) is 0 Å². The Kier molecular flexibility index (Phi) is 6.95. The maximum Gasteiger partial charge on any atom is 0.0210 e. The van der Waals surface area contributed by atoms with Crippen molar-refractivity contribution < 1.29 is 0 Å². The topological polar surface area (TPSA) is 12.0 Å². The van der Waals surface area contributed by atoms with Crippen LogP contribution in [0.25, 0.3) is 0 Å². The fourth-order valence-electron chi connectivity index (χ4n) is 1.79. The highest BCUT2D eigenvalue weighted by molar-refractivity contribution is 7.99. The van der Waals surface area contributed by atoms with Crippen LogP contribution in [0.2, 0.25) is 0 Å². The van der Waals surface area contributed by atoms with Crippen molar-refractivity contribution in [1.82, 2.24) is 5.32 Å². The van der Waals surface area contributed by atoms with Gasteiger partial charge in [0.1, 0.15) is 0 Å². The highest BCUT2D eigenvalue weighted by atomic mass is 32.2. The monoisotopic (exact) mass is 279 g/mol. The van der Waals surface area contributed by atoms with Crippen LogP contribution in [0.1, 0.15) is 53.0 Å². The van der Waals surface area contributed by atoms with Gasteiger partial charge in [-0.25, -0.2) is 0 Å². The largest absolute Gasteiger partial charge is 0.308 e. The Morgan fingerprint density at radius 2 is 1.95 bits per heavy atom. The molecule has 0 aromatic heterocycles. The fourth-order valence-corrected chi connectivity index (χ4v) is 2.75. The number of rotatable bonds is 7. The molecule has 0 aliphatic heterocycles. The van der Waals surface area contributed by atoms with Crippen molar-refractivity contribution in [3.63, 3.8) is 0 Å². The van der Waals surface area contributed by atoms with E-state index < -0.39 is 0 Å².